The monoisotopic (exact) mass is 344 g/mol. The van der Waals surface area contributed by atoms with Gasteiger partial charge >= 0.3 is 12.0 Å². The van der Waals surface area contributed by atoms with Gasteiger partial charge in [0.05, 0.1) is 14.2 Å². The third-order valence-electron chi connectivity index (χ3n) is 3.29. The molecule has 25 heavy (non-hydrogen) atoms. The molecule has 1 fully saturated rings. The Morgan fingerprint density at radius 2 is 2.08 bits per heavy atom. The molecule has 0 aliphatic carbocycles. The number of hydrogen-bond donors (Lipinski definition) is 1. The molecule has 3 amide bonds. The van der Waals surface area contributed by atoms with E-state index >= 15 is 0 Å². The maximum atomic E-state index is 12.2. The van der Waals surface area contributed by atoms with Crippen molar-refractivity contribution < 1.29 is 28.6 Å². The van der Waals surface area contributed by atoms with E-state index in [1.165, 1.54) is 20.3 Å². The van der Waals surface area contributed by atoms with Crippen LogP contribution in [-0.2, 0) is 14.3 Å². The Bertz CT molecular complexity index is 778. The Morgan fingerprint density at radius 3 is 2.72 bits per heavy atom. The SMILES string of the molecule is C#CCOc1ccc(/C=C2/NC(=O)N(CC(=O)OC)C2=O)cc1OC. The Balaban J connectivity index is 2.23. The van der Waals surface area contributed by atoms with Crippen LogP contribution >= 0.6 is 0 Å². The molecular formula is C17H16N2O6. The number of urea groups is 1. The summed E-state index contributed by atoms with van der Waals surface area (Å²) in [6.45, 7) is -0.367. The number of benzene rings is 1. The fourth-order valence-electron chi connectivity index (χ4n) is 2.09. The lowest BCUT2D eigenvalue weighted by atomic mass is 10.1. The molecule has 8 heteroatoms. The Hall–Kier alpha value is -3.47. The molecule has 8 nitrogen and oxygen atoms in total. The summed E-state index contributed by atoms with van der Waals surface area (Å²) in [6.07, 6.45) is 6.62. The number of rotatable bonds is 6. The quantitative estimate of drug-likeness (QED) is 0.355. The minimum Gasteiger partial charge on any atom is -0.493 e. The van der Waals surface area contributed by atoms with Gasteiger partial charge in [0.25, 0.3) is 5.91 Å². The number of ether oxygens (including phenoxy) is 3. The first-order valence-corrected chi connectivity index (χ1v) is 7.15. The van der Waals surface area contributed by atoms with Crippen molar-refractivity contribution in [2.45, 2.75) is 0 Å². The molecule has 0 saturated carbocycles. The van der Waals surface area contributed by atoms with Gasteiger partial charge in [-0.25, -0.2) is 9.69 Å². The van der Waals surface area contributed by atoms with E-state index in [-0.39, 0.29) is 12.3 Å². The van der Waals surface area contributed by atoms with Gasteiger partial charge < -0.3 is 19.5 Å². The lowest BCUT2D eigenvalue weighted by Crippen LogP contribution is -2.36. The van der Waals surface area contributed by atoms with Crippen LogP contribution < -0.4 is 14.8 Å². The van der Waals surface area contributed by atoms with Crippen molar-refractivity contribution in [1.82, 2.24) is 10.2 Å². The fraction of sp³-hybridized carbons (Fsp3) is 0.235. The van der Waals surface area contributed by atoms with Crippen LogP contribution in [0.25, 0.3) is 6.08 Å². The van der Waals surface area contributed by atoms with Crippen LogP contribution in [0.15, 0.2) is 23.9 Å². The molecule has 0 unspecified atom stereocenters. The Labute approximate surface area is 144 Å². The van der Waals surface area contributed by atoms with E-state index in [0.29, 0.717) is 17.1 Å². The smallest absolute Gasteiger partial charge is 0.329 e. The summed E-state index contributed by atoms with van der Waals surface area (Å²) in [6, 6.07) is 4.24. The van der Waals surface area contributed by atoms with Crippen LogP contribution in [-0.4, -0.2) is 50.2 Å². The molecule has 1 aliphatic heterocycles. The first-order valence-electron chi connectivity index (χ1n) is 7.15. The van der Waals surface area contributed by atoms with Gasteiger partial charge in [-0.05, 0) is 23.8 Å². The van der Waals surface area contributed by atoms with Crippen LogP contribution in [0.2, 0.25) is 0 Å². The normalized spacial score (nSPS) is 14.9. The molecule has 1 N–H and O–H groups in total. The standard InChI is InChI=1S/C17H16N2O6/c1-4-7-25-13-6-5-11(9-14(13)23-2)8-12-16(21)19(17(22)18-12)10-15(20)24-3/h1,5-6,8-9H,7,10H2,2-3H3,(H,18,22)/b12-8+. The molecule has 1 heterocycles. The van der Waals surface area contributed by atoms with E-state index in [2.05, 4.69) is 16.0 Å². The zero-order valence-electron chi connectivity index (χ0n) is 13.7. The summed E-state index contributed by atoms with van der Waals surface area (Å²) < 4.78 is 15.0. The molecule has 2 rings (SSSR count). The molecule has 1 aromatic carbocycles. The van der Waals surface area contributed by atoms with Gasteiger partial charge in [0.15, 0.2) is 11.5 Å². The number of terminal acetylenes is 1. The number of amides is 3. The minimum absolute atomic E-state index is 0.0354. The average Bonchev–Trinajstić information content (AvgIpc) is 2.87. The molecule has 1 saturated heterocycles. The highest BCUT2D eigenvalue weighted by Gasteiger charge is 2.35. The second kappa shape index (κ2) is 7.88. The third-order valence-corrected chi connectivity index (χ3v) is 3.29. The van der Waals surface area contributed by atoms with Crippen molar-refractivity contribution in [2.24, 2.45) is 0 Å². The fourth-order valence-corrected chi connectivity index (χ4v) is 2.09. The van der Waals surface area contributed by atoms with Gasteiger partial charge in [0, 0.05) is 0 Å². The lowest BCUT2D eigenvalue weighted by Gasteiger charge is -2.10. The molecule has 130 valence electrons. The van der Waals surface area contributed by atoms with Crippen LogP contribution in [0.3, 0.4) is 0 Å². The zero-order chi connectivity index (χ0) is 18.4. The van der Waals surface area contributed by atoms with Gasteiger partial charge in [-0.15, -0.1) is 6.42 Å². The van der Waals surface area contributed by atoms with Crippen LogP contribution in [0.5, 0.6) is 11.5 Å². The number of esters is 1. The largest absolute Gasteiger partial charge is 0.493 e. The van der Waals surface area contributed by atoms with Crippen LogP contribution in [0.4, 0.5) is 4.79 Å². The van der Waals surface area contributed by atoms with Gasteiger partial charge in [0.1, 0.15) is 18.8 Å². The maximum Gasteiger partial charge on any atom is 0.329 e. The van der Waals surface area contributed by atoms with Crippen molar-refractivity contribution in [2.75, 3.05) is 27.4 Å². The number of nitrogens with zero attached hydrogens (tertiary/aromatic N) is 1. The number of carbonyl (C=O) groups excluding carboxylic acids is 3. The zero-order valence-corrected chi connectivity index (χ0v) is 13.7. The van der Waals surface area contributed by atoms with E-state index in [9.17, 15) is 14.4 Å². The molecule has 0 aromatic heterocycles. The third kappa shape index (κ3) is 4.09. The summed E-state index contributed by atoms with van der Waals surface area (Å²) in [5, 5.41) is 2.41. The summed E-state index contributed by atoms with van der Waals surface area (Å²) in [4.78, 5) is 36.1. The molecule has 1 aliphatic rings. The first kappa shape index (κ1) is 17.9. The average molecular weight is 344 g/mol. The highest BCUT2D eigenvalue weighted by atomic mass is 16.5. The summed E-state index contributed by atoms with van der Waals surface area (Å²) in [7, 11) is 2.64. The van der Waals surface area contributed by atoms with E-state index < -0.39 is 24.5 Å². The number of nitrogens with one attached hydrogen (secondary N) is 1. The topological polar surface area (TPSA) is 94.2 Å². The highest BCUT2D eigenvalue weighted by molar-refractivity contribution is 6.15. The molecule has 0 spiro atoms. The molecule has 1 aromatic rings. The number of imide groups is 1. The van der Waals surface area contributed by atoms with Gasteiger partial charge in [0.2, 0.25) is 0 Å². The Kier molecular flexibility index (Phi) is 5.63. The number of methoxy groups -OCH3 is 2. The van der Waals surface area contributed by atoms with Crippen molar-refractivity contribution in [3.63, 3.8) is 0 Å². The molecule has 0 atom stereocenters. The van der Waals surface area contributed by atoms with Crippen molar-refractivity contribution >= 4 is 24.0 Å². The van der Waals surface area contributed by atoms with Crippen LogP contribution in [0, 0.1) is 12.3 Å². The summed E-state index contributed by atoms with van der Waals surface area (Å²) >= 11 is 0. The van der Waals surface area contributed by atoms with Crippen molar-refractivity contribution in [1.29, 1.82) is 0 Å². The minimum atomic E-state index is -0.693. The van der Waals surface area contributed by atoms with Crippen molar-refractivity contribution in [3.8, 4) is 23.8 Å². The van der Waals surface area contributed by atoms with Gasteiger partial charge in [-0.1, -0.05) is 12.0 Å². The van der Waals surface area contributed by atoms with E-state index in [1.807, 2.05) is 0 Å². The van der Waals surface area contributed by atoms with Gasteiger partial charge in [-0.3, -0.25) is 9.59 Å². The second-order valence-corrected chi connectivity index (χ2v) is 4.86. The lowest BCUT2D eigenvalue weighted by molar-refractivity contribution is -0.143. The first-order chi connectivity index (χ1) is 12.0. The van der Waals surface area contributed by atoms with Crippen LogP contribution in [0.1, 0.15) is 5.56 Å². The summed E-state index contributed by atoms with van der Waals surface area (Å²) in [5.41, 5.74) is 0.627. The predicted octanol–water partition coefficient (Wildman–Crippen LogP) is 0.773. The molecule has 0 bridgehead atoms. The van der Waals surface area contributed by atoms with E-state index in [0.717, 1.165) is 4.90 Å². The number of carbonyl (C=O) groups is 3. The van der Waals surface area contributed by atoms with Gasteiger partial charge in [-0.2, -0.15) is 0 Å². The predicted molar refractivity (Wildman–Crippen MR) is 87.6 cm³/mol. The summed E-state index contributed by atoms with van der Waals surface area (Å²) in [5.74, 6) is 1.91. The molecular weight excluding hydrogens is 328 g/mol. The maximum absolute atomic E-state index is 12.2. The van der Waals surface area contributed by atoms with E-state index in [1.54, 1.807) is 18.2 Å². The second-order valence-electron chi connectivity index (χ2n) is 4.86. The number of hydrogen-bond acceptors (Lipinski definition) is 6. The van der Waals surface area contributed by atoms with E-state index in [4.69, 9.17) is 15.9 Å². The Morgan fingerprint density at radius 1 is 1.32 bits per heavy atom. The van der Waals surface area contributed by atoms with Crippen molar-refractivity contribution in [3.05, 3.63) is 29.5 Å². The highest BCUT2D eigenvalue weighted by Crippen LogP contribution is 2.29. The molecule has 0 radical (unpaired) electrons.